The van der Waals surface area contributed by atoms with Crippen LogP contribution in [-0.2, 0) is 13.6 Å². The smallest absolute Gasteiger partial charge is 0.336 e. The Labute approximate surface area is 148 Å². The fraction of sp³-hybridized carbons (Fsp3) is 0.375. The predicted molar refractivity (Wildman–Crippen MR) is 94.2 cm³/mol. The van der Waals surface area contributed by atoms with Gasteiger partial charge in [0.2, 0.25) is 0 Å². The van der Waals surface area contributed by atoms with Crippen LogP contribution in [-0.4, -0.2) is 61.4 Å². The summed E-state index contributed by atoms with van der Waals surface area (Å²) in [6.45, 7) is 1.23. The maximum atomic E-state index is 12.5. The minimum Gasteiger partial charge on any atom is -0.461 e. The molecular formula is C16H19N7O3. The van der Waals surface area contributed by atoms with E-state index in [-0.39, 0.29) is 23.7 Å². The number of aromatic nitrogens is 6. The van der Waals surface area contributed by atoms with Crippen LogP contribution >= 0.6 is 0 Å². The normalized spacial score (nSPS) is 11.2. The van der Waals surface area contributed by atoms with Gasteiger partial charge in [0.05, 0.1) is 6.54 Å². The number of ether oxygens (including phenoxy) is 1. The van der Waals surface area contributed by atoms with E-state index >= 15 is 0 Å². The van der Waals surface area contributed by atoms with Gasteiger partial charge in [-0.15, -0.1) is 5.10 Å². The third-order valence-electron chi connectivity index (χ3n) is 3.76. The van der Waals surface area contributed by atoms with Gasteiger partial charge in [-0.3, -0.25) is 18.9 Å². The van der Waals surface area contributed by atoms with Crippen molar-refractivity contribution in [2.75, 3.05) is 27.2 Å². The van der Waals surface area contributed by atoms with Crippen molar-refractivity contribution in [1.82, 2.24) is 34.2 Å². The highest BCUT2D eigenvalue weighted by Crippen LogP contribution is 2.08. The first kappa shape index (κ1) is 17.7. The first-order valence-corrected chi connectivity index (χ1v) is 7.98. The summed E-state index contributed by atoms with van der Waals surface area (Å²) in [6, 6.07) is 3.60. The van der Waals surface area contributed by atoms with Gasteiger partial charge in [0.1, 0.15) is 6.61 Å². The largest absolute Gasteiger partial charge is 0.461 e. The molecule has 0 fully saturated rings. The summed E-state index contributed by atoms with van der Waals surface area (Å²) in [5, 5.41) is 7.91. The molecule has 0 aliphatic carbocycles. The lowest BCUT2D eigenvalue weighted by Crippen LogP contribution is -2.39. The Kier molecular flexibility index (Phi) is 5.03. The molecule has 0 atom stereocenters. The molecule has 136 valence electrons. The molecule has 10 nitrogen and oxygen atoms in total. The molecule has 26 heavy (non-hydrogen) atoms. The molecule has 0 N–H and O–H groups in total. The van der Waals surface area contributed by atoms with E-state index in [2.05, 4.69) is 20.2 Å². The monoisotopic (exact) mass is 357 g/mol. The van der Waals surface area contributed by atoms with Crippen LogP contribution in [0.4, 0.5) is 0 Å². The predicted octanol–water partition coefficient (Wildman–Crippen LogP) is -0.731. The van der Waals surface area contributed by atoms with Crippen molar-refractivity contribution in [2.24, 2.45) is 7.05 Å². The molecule has 0 saturated heterocycles. The highest BCUT2D eigenvalue weighted by atomic mass is 16.5. The molecule has 0 aliphatic heterocycles. The van der Waals surface area contributed by atoms with E-state index in [0.717, 1.165) is 10.1 Å². The van der Waals surface area contributed by atoms with Gasteiger partial charge < -0.3 is 9.64 Å². The third-order valence-corrected chi connectivity index (χ3v) is 3.76. The maximum absolute atomic E-state index is 12.5. The van der Waals surface area contributed by atoms with Crippen molar-refractivity contribution < 1.29 is 4.74 Å². The van der Waals surface area contributed by atoms with Crippen LogP contribution in [0.2, 0.25) is 0 Å². The van der Waals surface area contributed by atoms with Crippen molar-refractivity contribution in [1.29, 1.82) is 0 Å². The molecule has 0 spiro atoms. The summed E-state index contributed by atoms with van der Waals surface area (Å²) >= 11 is 0. The van der Waals surface area contributed by atoms with Crippen molar-refractivity contribution in [2.45, 2.75) is 6.54 Å². The Bertz CT molecular complexity index is 1030. The minimum absolute atomic E-state index is 0.00280. The first-order valence-electron chi connectivity index (χ1n) is 7.98. The van der Waals surface area contributed by atoms with Gasteiger partial charge in [0, 0.05) is 26.0 Å². The van der Waals surface area contributed by atoms with E-state index < -0.39 is 11.2 Å². The number of hydrogen-bond donors (Lipinski definition) is 0. The molecular weight excluding hydrogens is 338 g/mol. The Morgan fingerprint density at radius 3 is 2.73 bits per heavy atom. The van der Waals surface area contributed by atoms with Crippen LogP contribution in [0.3, 0.4) is 0 Å². The summed E-state index contributed by atoms with van der Waals surface area (Å²) in [5.41, 5.74) is -0.0982. The van der Waals surface area contributed by atoms with E-state index in [0.29, 0.717) is 13.2 Å². The average Bonchev–Trinajstić information content (AvgIpc) is 2.64. The van der Waals surface area contributed by atoms with Gasteiger partial charge in [-0.1, -0.05) is 11.2 Å². The standard InChI is InChI=1S/C16H19N7O3/c1-21(2)7-8-26-15-18-12-13(19-20-15)23(16(25)22(3)14(12)24)10-11-5-4-6-17-9-11/h4-6,9H,7-8,10H2,1-3H3. The third kappa shape index (κ3) is 3.59. The second-order valence-electron chi connectivity index (χ2n) is 6.01. The van der Waals surface area contributed by atoms with Crippen LogP contribution in [0.15, 0.2) is 34.1 Å². The quantitative estimate of drug-likeness (QED) is 0.568. The van der Waals surface area contributed by atoms with Crippen molar-refractivity contribution in [3.05, 3.63) is 50.9 Å². The second-order valence-corrected chi connectivity index (χ2v) is 6.01. The van der Waals surface area contributed by atoms with E-state index in [4.69, 9.17) is 4.74 Å². The summed E-state index contributed by atoms with van der Waals surface area (Å²) in [4.78, 5) is 35.1. The molecule has 3 aromatic rings. The van der Waals surface area contributed by atoms with Crippen LogP contribution < -0.4 is 16.0 Å². The second kappa shape index (κ2) is 7.40. The SMILES string of the molecule is CN(C)CCOc1nnc2c(n1)c(=O)n(C)c(=O)n2Cc1cccnc1. The van der Waals surface area contributed by atoms with Crippen LogP contribution in [0, 0.1) is 0 Å². The fourth-order valence-corrected chi connectivity index (χ4v) is 2.35. The summed E-state index contributed by atoms with van der Waals surface area (Å²) in [6.07, 6.45) is 3.28. The van der Waals surface area contributed by atoms with E-state index in [9.17, 15) is 9.59 Å². The van der Waals surface area contributed by atoms with Gasteiger partial charge >= 0.3 is 11.7 Å². The molecule has 3 aromatic heterocycles. The van der Waals surface area contributed by atoms with E-state index in [1.807, 2.05) is 25.1 Å². The van der Waals surface area contributed by atoms with E-state index in [1.165, 1.54) is 11.6 Å². The van der Waals surface area contributed by atoms with Crippen molar-refractivity contribution in [3.63, 3.8) is 0 Å². The zero-order chi connectivity index (χ0) is 18.7. The van der Waals surface area contributed by atoms with Gasteiger partial charge in [0.15, 0.2) is 11.2 Å². The number of nitrogens with zero attached hydrogens (tertiary/aromatic N) is 7. The molecule has 0 saturated carbocycles. The van der Waals surface area contributed by atoms with Gasteiger partial charge in [-0.25, -0.2) is 4.79 Å². The Balaban J connectivity index is 2.05. The molecule has 10 heteroatoms. The Hall–Kier alpha value is -3.14. The molecule has 0 aliphatic rings. The number of likely N-dealkylation sites (N-methyl/N-ethyl adjacent to an activating group) is 1. The Morgan fingerprint density at radius 1 is 1.23 bits per heavy atom. The van der Waals surface area contributed by atoms with Gasteiger partial charge in [-0.05, 0) is 25.7 Å². The molecule has 3 heterocycles. The zero-order valence-electron chi connectivity index (χ0n) is 14.8. The first-order chi connectivity index (χ1) is 12.5. The molecule has 0 bridgehead atoms. The average molecular weight is 357 g/mol. The van der Waals surface area contributed by atoms with E-state index in [1.54, 1.807) is 18.5 Å². The topological polar surface area (TPSA) is 108 Å². The molecule has 3 rings (SSSR count). The zero-order valence-corrected chi connectivity index (χ0v) is 14.8. The molecule has 0 unspecified atom stereocenters. The highest BCUT2D eigenvalue weighted by Gasteiger charge is 2.16. The Morgan fingerprint density at radius 2 is 2.04 bits per heavy atom. The highest BCUT2D eigenvalue weighted by molar-refractivity contribution is 5.68. The number of pyridine rings is 1. The van der Waals surface area contributed by atoms with Crippen LogP contribution in [0.5, 0.6) is 6.01 Å². The summed E-state index contributed by atoms with van der Waals surface area (Å²) in [7, 11) is 5.23. The van der Waals surface area contributed by atoms with Gasteiger partial charge in [0.25, 0.3) is 5.56 Å². The fourth-order valence-electron chi connectivity index (χ4n) is 2.35. The lowest BCUT2D eigenvalue weighted by molar-refractivity contribution is 0.244. The number of rotatable bonds is 6. The molecule has 0 radical (unpaired) electrons. The molecule has 0 aromatic carbocycles. The number of fused-ring (bicyclic) bond motifs is 1. The lowest BCUT2D eigenvalue weighted by atomic mass is 10.3. The minimum atomic E-state index is -0.542. The molecule has 0 amide bonds. The van der Waals surface area contributed by atoms with Crippen molar-refractivity contribution in [3.8, 4) is 6.01 Å². The van der Waals surface area contributed by atoms with Crippen molar-refractivity contribution >= 4 is 11.2 Å². The van der Waals surface area contributed by atoms with Gasteiger partial charge in [-0.2, -0.15) is 4.98 Å². The maximum Gasteiger partial charge on any atom is 0.336 e. The number of hydrogen-bond acceptors (Lipinski definition) is 8. The van der Waals surface area contributed by atoms with Crippen LogP contribution in [0.1, 0.15) is 5.56 Å². The summed E-state index contributed by atoms with van der Waals surface area (Å²) < 4.78 is 7.78. The van der Waals surface area contributed by atoms with Crippen LogP contribution in [0.25, 0.3) is 11.2 Å². The summed E-state index contributed by atoms with van der Waals surface area (Å²) in [5.74, 6) is 0. The lowest BCUT2D eigenvalue weighted by Gasteiger charge is -2.12.